The SMILES string of the molecule is C=C(Cl)Cc1ccc(Cc2ccc(C)cc2)s1. The third-order valence-corrected chi connectivity index (χ3v) is 3.80. The summed E-state index contributed by atoms with van der Waals surface area (Å²) in [6.45, 7) is 5.84. The van der Waals surface area contributed by atoms with Crippen molar-refractivity contribution in [2.75, 3.05) is 0 Å². The molecule has 1 aromatic carbocycles. The van der Waals surface area contributed by atoms with Crippen LogP contribution in [0.2, 0.25) is 0 Å². The van der Waals surface area contributed by atoms with Gasteiger partial charge in [0.05, 0.1) is 0 Å². The van der Waals surface area contributed by atoms with Crippen molar-refractivity contribution in [2.45, 2.75) is 19.8 Å². The molecule has 0 aliphatic heterocycles. The number of hydrogen-bond donors (Lipinski definition) is 0. The Bertz CT molecular complexity index is 508. The average Bonchev–Trinajstić information content (AvgIpc) is 2.68. The van der Waals surface area contributed by atoms with Crippen molar-refractivity contribution in [2.24, 2.45) is 0 Å². The fraction of sp³-hybridized carbons (Fsp3) is 0.200. The van der Waals surface area contributed by atoms with E-state index in [-0.39, 0.29) is 0 Å². The molecule has 0 aliphatic rings. The van der Waals surface area contributed by atoms with Gasteiger partial charge in [-0.15, -0.1) is 11.3 Å². The van der Waals surface area contributed by atoms with Gasteiger partial charge in [0.25, 0.3) is 0 Å². The maximum atomic E-state index is 5.81. The topological polar surface area (TPSA) is 0 Å². The molecule has 0 N–H and O–H groups in total. The summed E-state index contributed by atoms with van der Waals surface area (Å²) in [5, 5.41) is 0.703. The largest absolute Gasteiger partial charge is 0.145 e. The Kier molecular flexibility index (Phi) is 4.03. The molecule has 2 heteroatoms. The van der Waals surface area contributed by atoms with Gasteiger partial charge in [-0.2, -0.15) is 0 Å². The molecule has 17 heavy (non-hydrogen) atoms. The van der Waals surface area contributed by atoms with Crippen molar-refractivity contribution >= 4 is 22.9 Å². The fourth-order valence-corrected chi connectivity index (χ4v) is 3.03. The predicted molar refractivity (Wildman–Crippen MR) is 77.0 cm³/mol. The predicted octanol–water partition coefficient (Wildman–Crippen LogP) is 4.94. The molecule has 2 aromatic rings. The van der Waals surface area contributed by atoms with Crippen LogP contribution in [-0.4, -0.2) is 0 Å². The van der Waals surface area contributed by atoms with Crippen LogP contribution in [0, 0.1) is 6.92 Å². The van der Waals surface area contributed by atoms with Crippen LogP contribution in [0.25, 0.3) is 0 Å². The first-order valence-corrected chi connectivity index (χ1v) is 6.79. The van der Waals surface area contributed by atoms with E-state index < -0.39 is 0 Å². The Morgan fingerprint density at radius 3 is 2.41 bits per heavy atom. The number of thiophene rings is 1. The lowest BCUT2D eigenvalue weighted by atomic mass is 10.1. The summed E-state index contributed by atoms with van der Waals surface area (Å²) < 4.78 is 0. The minimum absolute atomic E-state index is 0.703. The highest BCUT2D eigenvalue weighted by molar-refractivity contribution is 7.12. The van der Waals surface area contributed by atoms with Crippen LogP contribution in [0.3, 0.4) is 0 Å². The van der Waals surface area contributed by atoms with Gasteiger partial charge in [0.1, 0.15) is 0 Å². The second kappa shape index (κ2) is 5.52. The highest BCUT2D eigenvalue weighted by Crippen LogP contribution is 2.23. The molecule has 1 aromatic heterocycles. The maximum absolute atomic E-state index is 5.81. The van der Waals surface area contributed by atoms with E-state index in [0.717, 1.165) is 12.8 Å². The lowest BCUT2D eigenvalue weighted by Gasteiger charge is -1.99. The van der Waals surface area contributed by atoms with Crippen LogP contribution in [0.4, 0.5) is 0 Å². The molecule has 0 spiro atoms. The molecule has 0 saturated carbocycles. The standard InChI is InChI=1S/C15H15ClS/c1-11-3-5-13(6-4-11)10-15-8-7-14(17-15)9-12(2)16/h3-8H,2,9-10H2,1H3. The molecule has 0 aliphatic carbocycles. The monoisotopic (exact) mass is 262 g/mol. The fourth-order valence-electron chi connectivity index (χ4n) is 1.71. The van der Waals surface area contributed by atoms with E-state index in [4.69, 9.17) is 11.6 Å². The minimum Gasteiger partial charge on any atom is -0.145 e. The summed E-state index contributed by atoms with van der Waals surface area (Å²) >= 11 is 7.63. The Hall–Kier alpha value is -1.05. The van der Waals surface area contributed by atoms with Crippen LogP contribution in [0.5, 0.6) is 0 Å². The first kappa shape index (κ1) is 12.4. The lowest BCUT2D eigenvalue weighted by molar-refractivity contribution is 1.23. The highest BCUT2D eigenvalue weighted by Gasteiger charge is 2.02. The Balaban J connectivity index is 2.06. The Morgan fingerprint density at radius 2 is 1.76 bits per heavy atom. The van der Waals surface area contributed by atoms with Gasteiger partial charge >= 0.3 is 0 Å². The van der Waals surface area contributed by atoms with Gasteiger partial charge in [-0.25, -0.2) is 0 Å². The second-order valence-corrected chi connectivity index (χ2v) is 6.01. The molecule has 0 unspecified atom stereocenters. The van der Waals surface area contributed by atoms with E-state index in [9.17, 15) is 0 Å². The molecule has 0 amide bonds. The number of hydrogen-bond acceptors (Lipinski definition) is 1. The van der Waals surface area contributed by atoms with Crippen LogP contribution < -0.4 is 0 Å². The summed E-state index contributed by atoms with van der Waals surface area (Å²) in [7, 11) is 0. The zero-order valence-corrected chi connectivity index (χ0v) is 11.4. The van der Waals surface area contributed by atoms with Gasteiger partial charge < -0.3 is 0 Å². The summed E-state index contributed by atoms with van der Waals surface area (Å²) in [6.07, 6.45) is 1.78. The maximum Gasteiger partial charge on any atom is 0.0171 e. The van der Waals surface area contributed by atoms with E-state index in [2.05, 4.69) is 49.9 Å². The molecule has 88 valence electrons. The van der Waals surface area contributed by atoms with Crippen LogP contribution in [-0.2, 0) is 12.8 Å². The zero-order chi connectivity index (χ0) is 12.3. The lowest BCUT2D eigenvalue weighted by Crippen LogP contribution is -1.84. The highest BCUT2D eigenvalue weighted by atomic mass is 35.5. The van der Waals surface area contributed by atoms with Crippen molar-refractivity contribution in [3.8, 4) is 0 Å². The molecule has 0 nitrogen and oxygen atoms in total. The summed E-state index contributed by atoms with van der Waals surface area (Å²) in [6, 6.07) is 13.0. The van der Waals surface area contributed by atoms with Crippen LogP contribution in [0.1, 0.15) is 20.9 Å². The summed E-state index contributed by atoms with van der Waals surface area (Å²) in [4.78, 5) is 2.66. The van der Waals surface area contributed by atoms with Crippen molar-refractivity contribution in [3.63, 3.8) is 0 Å². The Morgan fingerprint density at radius 1 is 1.12 bits per heavy atom. The minimum atomic E-state index is 0.703. The van der Waals surface area contributed by atoms with Crippen molar-refractivity contribution in [3.05, 3.63) is 68.9 Å². The van der Waals surface area contributed by atoms with E-state index in [1.54, 1.807) is 0 Å². The second-order valence-electron chi connectivity index (χ2n) is 4.22. The molecule has 0 saturated heterocycles. The van der Waals surface area contributed by atoms with Gasteiger partial charge in [-0.3, -0.25) is 0 Å². The van der Waals surface area contributed by atoms with E-state index in [1.165, 1.54) is 20.9 Å². The van der Waals surface area contributed by atoms with Gasteiger partial charge in [-0.1, -0.05) is 48.0 Å². The molecule has 0 atom stereocenters. The molecular formula is C15H15ClS. The zero-order valence-electron chi connectivity index (χ0n) is 9.87. The van der Waals surface area contributed by atoms with Gasteiger partial charge in [0, 0.05) is 27.6 Å². The molecule has 0 fully saturated rings. The number of allylic oxidation sites excluding steroid dienone is 1. The molecule has 2 rings (SSSR count). The summed E-state index contributed by atoms with van der Waals surface area (Å²) in [5.41, 5.74) is 2.66. The van der Waals surface area contributed by atoms with E-state index >= 15 is 0 Å². The van der Waals surface area contributed by atoms with Crippen molar-refractivity contribution in [1.82, 2.24) is 0 Å². The first-order chi connectivity index (χ1) is 8.13. The smallest absolute Gasteiger partial charge is 0.0171 e. The molecule has 0 radical (unpaired) electrons. The number of halogens is 1. The average molecular weight is 263 g/mol. The number of aryl methyl sites for hydroxylation is 1. The quantitative estimate of drug-likeness (QED) is 0.732. The van der Waals surface area contributed by atoms with Crippen molar-refractivity contribution in [1.29, 1.82) is 0 Å². The van der Waals surface area contributed by atoms with Crippen molar-refractivity contribution < 1.29 is 0 Å². The number of benzene rings is 1. The molecular weight excluding hydrogens is 248 g/mol. The number of rotatable bonds is 4. The van der Waals surface area contributed by atoms with E-state index in [0.29, 0.717) is 5.03 Å². The van der Waals surface area contributed by atoms with Gasteiger partial charge in [0.15, 0.2) is 0 Å². The van der Waals surface area contributed by atoms with Gasteiger partial charge in [0.2, 0.25) is 0 Å². The normalized spacial score (nSPS) is 10.5. The van der Waals surface area contributed by atoms with Crippen LogP contribution in [0.15, 0.2) is 48.0 Å². The molecule has 1 heterocycles. The molecule has 0 bridgehead atoms. The summed E-state index contributed by atoms with van der Waals surface area (Å²) in [5.74, 6) is 0. The third kappa shape index (κ3) is 3.72. The first-order valence-electron chi connectivity index (χ1n) is 5.60. The van der Waals surface area contributed by atoms with Gasteiger partial charge in [-0.05, 0) is 24.6 Å². The third-order valence-electron chi connectivity index (χ3n) is 2.58. The van der Waals surface area contributed by atoms with E-state index in [1.807, 2.05) is 11.3 Å². The van der Waals surface area contributed by atoms with Crippen LogP contribution >= 0.6 is 22.9 Å². The Labute approximate surface area is 112 Å².